The Balaban J connectivity index is 1.43. The summed E-state index contributed by atoms with van der Waals surface area (Å²) in [5.74, 6) is 0.0496. The minimum absolute atomic E-state index is 0.115. The highest BCUT2D eigenvalue weighted by atomic mass is 32.2. The minimum Gasteiger partial charge on any atom is -0.355 e. The maximum Gasteiger partial charge on any atom is 0.260 e. The fourth-order valence-corrected chi connectivity index (χ4v) is 3.59. The average molecular weight is 368 g/mol. The van der Waals surface area contributed by atoms with Gasteiger partial charge in [0.15, 0.2) is 0 Å². The molecule has 6 heteroatoms. The van der Waals surface area contributed by atoms with Crippen molar-refractivity contribution in [1.29, 1.82) is 0 Å². The number of amides is 3. The van der Waals surface area contributed by atoms with E-state index in [1.165, 1.54) is 4.90 Å². The number of thioether (sulfide) groups is 1. The van der Waals surface area contributed by atoms with Gasteiger partial charge in [-0.1, -0.05) is 36.4 Å². The Kier molecular flexibility index (Phi) is 6.07. The maximum absolute atomic E-state index is 12.4. The van der Waals surface area contributed by atoms with E-state index in [1.54, 1.807) is 30.0 Å². The summed E-state index contributed by atoms with van der Waals surface area (Å²) >= 11 is 1.67. The van der Waals surface area contributed by atoms with Crippen molar-refractivity contribution in [2.24, 2.45) is 0 Å². The Labute approximate surface area is 156 Å². The van der Waals surface area contributed by atoms with Crippen LogP contribution in [0.25, 0.3) is 0 Å². The van der Waals surface area contributed by atoms with Gasteiger partial charge in [-0.15, -0.1) is 11.8 Å². The average Bonchev–Trinajstić information content (AvgIpc) is 2.66. The lowest BCUT2D eigenvalue weighted by Crippen LogP contribution is -2.44. The molecule has 3 rings (SSSR count). The predicted octanol–water partition coefficient (Wildman–Crippen LogP) is 2.51. The molecular formula is C20H20N2O3S. The van der Waals surface area contributed by atoms with Crippen molar-refractivity contribution >= 4 is 29.5 Å². The topological polar surface area (TPSA) is 66.5 Å². The second-order valence-electron chi connectivity index (χ2n) is 5.95. The van der Waals surface area contributed by atoms with Crippen LogP contribution in [0.3, 0.4) is 0 Å². The number of carbonyl (C=O) groups is 3. The van der Waals surface area contributed by atoms with Crippen molar-refractivity contribution in [2.45, 2.75) is 17.7 Å². The molecule has 1 aliphatic heterocycles. The Morgan fingerprint density at radius 1 is 1.04 bits per heavy atom. The Hall–Kier alpha value is -2.60. The third kappa shape index (κ3) is 4.52. The fraction of sp³-hybridized carbons (Fsp3) is 0.250. The van der Waals surface area contributed by atoms with Crippen molar-refractivity contribution in [1.82, 2.24) is 10.2 Å². The smallest absolute Gasteiger partial charge is 0.260 e. The highest BCUT2D eigenvalue weighted by Crippen LogP contribution is 2.19. The highest BCUT2D eigenvalue weighted by molar-refractivity contribution is 7.99. The molecule has 0 saturated carbocycles. The lowest BCUT2D eigenvalue weighted by atomic mass is 9.98. The Bertz CT molecular complexity index is 808. The summed E-state index contributed by atoms with van der Waals surface area (Å²) in [6.45, 7) is 0.660. The van der Waals surface area contributed by atoms with Crippen LogP contribution in [0.1, 0.15) is 22.3 Å². The fourth-order valence-electron chi connectivity index (χ4n) is 2.80. The van der Waals surface area contributed by atoms with E-state index in [0.29, 0.717) is 12.1 Å². The first-order valence-electron chi connectivity index (χ1n) is 8.52. The second kappa shape index (κ2) is 8.67. The molecule has 2 aromatic rings. The van der Waals surface area contributed by atoms with Crippen LogP contribution < -0.4 is 5.32 Å². The molecule has 26 heavy (non-hydrogen) atoms. The number of hydrogen-bond acceptors (Lipinski definition) is 4. The van der Waals surface area contributed by atoms with Gasteiger partial charge >= 0.3 is 0 Å². The van der Waals surface area contributed by atoms with Gasteiger partial charge in [0.2, 0.25) is 11.8 Å². The van der Waals surface area contributed by atoms with Gasteiger partial charge in [-0.05, 0) is 23.8 Å². The molecule has 0 unspecified atom stereocenters. The second-order valence-corrected chi connectivity index (χ2v) is 7.11. The molecule has 5 nitrogen and oxygen atoms in total. The van der Waals surface area contributed by atoms with Crippen molar-refractivity contribution in [3.8, 4) is 0 Å². The van der Waals surface area contributed by atoms with Crippen molar-refractivity contribution in [3.05, 3.63) is 65.7 Å². The van der Waals surface area contributed by atoms with Gasteiger partial charge in [0, 0.05) is 35.7 Å². The molecule has 134 valence electrons. The van der Waals surface area contributed by atoms with E-state index in [1.807, 2.05) is 36.4 Å². The molecule has 0 radical (unpaired) electrons. The van der Waals surface area contributed by atoms with E-state index in [2.05, 4.69) is 5.32 Å². The SMILES string of the molecule is O=C(CCN1C(=O)Cc2ccccc2C1=O)NCCSc1ccccc1. The number of imide groups is 1. The predicted molar refractivity (Wildman–Crippen MR) is 101 cm³/mol. The number of fused-ring (bicyclic) bond motifs is 1. The summed E-state index contributed by atoms with van der Waals surface area (Å²) in [5, 5.41) is 2.83. The summed E-state index contributed by atoms with van der Waals surface area (Å²) in [5.41, 5.74) is 1.30. The first-order valence-corrected chi connectivity index (χ1v) is 9.51. The van der Waals surface area contributed by atoms with E-state index >= 15 is 0 Å². The minimum atomic E-state index is -0.315. The number of nitrogens with one attached hydrogen (secondary N) is 1. The van der Waals surface area contributed by atoms with Crippen molar-refractivity contribution in [3.63, 3.8) is 0 Å². The molecule has 1 heterocycles. The third-order valence-corrected chi connectivity index (χ3v) is 5.15. The third-order valence-electron chi connectivity index (χ3n) is 4.13. The zero-order chi connectivity index (χ0) is 18.4. The molecule has 0 spiro atoms. The number of nitrogens with zero attached hydrogens (tertiary/aromatic N) is 1. The zero-order valence-electron chi connectivity index (χ0n) is 14.3. The van der Waals surface area contributed by atoms with Gasteiger partial charge in [0.1, 0.15) is 0 Å². The van der Waals surface area contributed by atoms with E-state index < -0.39 is 0 Å². The van der Waals surface area contributed by atoms with E-state index in [-0.39, 0.29) is 37.1 Å². The lowest BCUT2D eigenvalue weighted by molar-refractivity contribution is -0.129. The molecule has 3 amide bonds. The number of hydrogen-bond donors (Lipinski definition) is 1. The summed E-state index contributed by atoms with van der Waals surface area (Å²) < 4.78 is 0. The summed E-state index contributed by atoms with van der Waals surface area (Å²) in [7, 11) is 0. The maximum atomic E-state index is 12.4. The molecule has 0 bridgehead atoms. The van der Waals surface area contributed by atoms with E-state index in [0.717, 1.165) is 16.2 Å². The van der Waals surface area contributed by atoms with E-state index in [4.69, 9.17) is 0 Å². The van der Waals surface area contributed by atoms with Crippen molar-refractivity contribution in [2.75, 3.05) is 18.8 Å². The first-order chi connectivity index (χ1) is 12.6. The van der Waals surface area contributed by atoms with Gasteiger partial charge < -0.3 is 5.32 Å². The van der Waals surface area contributed by atoms with Gasteiger partial charge in [-0.25, -0.2) is 0 Å². The van der Waals surface area contributed by atoms with E-state index in [9.17, 15) is 14.4 Å². The van der Waals surface area contributed by atoms with Crippen LogP contribution in [0.15, 0.2) is 59.5 Å². The van der Waals surface area contributed by atoms with Crippen LogP contribution in [0, 0.1) is 0 Å². The van der Waals surface area contributed by atoms with Crippen LogP contribution in [0.5, 0.6) is 0 Å². The van der Waals surface area contributed by atoms with Crippen LogP contribution in [0.2, 0.25) is 0 Å². The zero-order valence-corrected chi connectivity index (χ0v) is 15.1. The van der Waals surface area contributed by atoms with Crippen LogP contribution >= 0.6 is 11.8 Å². The largest absolute Gasteiger partial charge is 0.355 e. The molecule has 0 saturated heterocycles. The molecule has 0 fully saturated rings. The molecule has 1 N–H and O–H groups in total. The highest BCUT2D eigenvalue weighted by Gasteiger charge is 2.30. The van der Waals surface area contributed by atoms with Gasteiger partial charge in [0.25, 0.3) is 5.91 Å². The van der Waals surface area contributed by atoms with Gasteiger partial charge in [-0.3, -0.25) is 19.3 Å². The molecular weight excluding hydrogens is 348 g/mol. The quantitative estimate of drug-likeness (QED) is 0.463. The van der Waals surface area contributed by atoms with Crippen molar-refractivity contribution < 1.29 is 14.4 Å². The molecule has 0 atom stereocenters. The standard InChI is InChI=1S/C20H20N2O3S/c23-18(21-11-13-26-16-7-2-1-3-8-16)10-12-22-19(24)14-15-6-4-5-9-17(15)20(22)25/h1-9H,10-14H2,(H,21,23). The molecule has 0 aliphatic carbocycles. The van der Waals surface area contributed by atoms with Crippen LogP contribution in [0.4, 0.5) is 0 Å². The van der Waals surface area contributed by atoms with Crippen LogP contribution in [-0.2, 0) is 16.0 Å². The molecule has 1 aliphatic rings. The normalized spacial score (nSPS) is 13.5. The molecule has 2 aromatic carbocycles. The number of rotatable bonds is 7. The first kappa shape index (κ1) is 18.2. The monoisotopic (exact) mass is 368 g/mol. The van der Waals surface area contributed by atoms with Crippen LogP contribution in [-0.4, -0.2) is 41.5 Å². The summed E-state index contributed by atoms with van der Waals surface area (Å²) in [6, 6.07) is 17.1. The van der Waals surface area contributed by atoms with Gasteiger partial charge in [-0.2, -0.15) is 0 Å². The Morgan fingerprint density at radius 3 is 2.58 bits per heavy atom. The lowest BCUT2D eigenvalue weighted by Gasteiger charge is -2.26. The summed E-state index contributed by atoms with van der Waals surface area (Å²) in [6.07, 6.45) is 0.326. The number of benzene rings is 2. The van der Waals surface area contributed by atoms with Gasteiger partial charge in [0.05, 0.1) is 6.42 Å². The Morgan fingerprint density at radius 2 is 1.77 bits per heavy atom. The molecule has 0 aromatic heterocycles. The summed E-state index contributed by atoms with van der Waals surface area (Å²) in [4.78, 5) is 38.9. The number of carbonyl (C=O) groups excluding carboxylic acids is 3.